The molecular formula is C7H18N2OS. The predicted octanol–water partition coefficient (Wildman–Crippen LogP) is 0.608. The van der Waals surface area contributed by atoms with E-state index in [-0.39, 0.29) is 0 Å². The molecule has 0 aromatic heterocycles. The molecule has 0 aromatic carbocycles. The molecule has 68 valence electrons. The molecule has 0 aromatic rings. The highest BCUT2D eigenvalue weighted by Crippen LogP contribution is 2.02. The Morgan fingerprint density at radius 2 is 2.36 bits per heavy atom. The summed E-state index contributed by atoms with van der Waals surface area (Å²) < 4.78 is 4.94. The highest BCUT2D eigenvalue weighted by atomic mass is 32.2. The molecule has 0 bridgehead atoms. The summed E-state index contributed by atoms with van der Waals surface area (Å²) in [6.45, 7) is 0.826. The van der Waals surface area contributed by atoms with Gasteiger partial charge >= 0.3 is 0 Å². The molecule has 0 spiro atoms. The molecule has 0 saturated carbocycles. The van der Waals surface area contributed by atoms with E-state index in [0.717, 1.165) is 25.2 Å². The first kappa shape index (κ1) is 11.2. The normalized spacial score (nSPS) is 13.4. The second kappa shape index (κ2) is 8.33. The average molecular weight is 178 g/mol. The quantitative estimate of drug-likeness (QED) is 0.341. The van der Waals surface area contributed by atoms with Crippen LogP contribution in [0.4, 0.5) is 0 Å². The molecule has 4 heteroatoms. The lowest BCUT2D eigenvalue weighted by Gasteiger charge is -2.13. The maximum absolute atomic E-state index is 5.34. The third-order valence-corrected chi connectivity index (χ3v) is 2.24. The minimum atomic E-state index is 0.431. The average Bonchev–Trinajstić information content (AvgIpc) is 2.03. The van der Waals surface area contributed by atoms with Crippen LogP contribution in [0.5, 0.6) is 0 Å². The largest absolute Gasteiger partial charge is 0.385 e. The van der Waals surface area contributed by atoms with Crippen molar-refractivity contribution in [3.63, 3.8) is 0 Å². The summed E-state index contributed by atoms with van der Waals surface area (Å²) in [4.78, 5) is 0. The van der Waals surface area contributed by atoms with Gasteiger partial charge in [0.1, 0.15) is 0 Å². The lowest BCUT2D eigenvalue weighted by molar-refractivity contribution is 0.189. The SMILES string of the molecule is COCCCC(CSC)NN. The van der Waals surface area contributed by atoms with Crippen LogP contribution in [0.3, 0.4) is 0 Å². The van der Waals surface area contributed by atoms with E-state index in [9.17, 15) is 0 Å². The van der Waals surface area contributed by atoms with Crippen LogP contribution in [0.15, 0.2) is 0 Å². The topological polar surface area (TPSA) is 47.3 Å². The van der Waals surface area contributed by atoms with E-state index in [1.165, 1.54) is 0 Å². The number of nitrogens with two attached hydrogens (primary N) is 1. The van der Waals surface area contributed by atoms with Gasteiger partial charge in [0.05, 0.1) is 0 Å². The second-order valence-corrected chi connectivity index (χ2v) is 3.36. The minimum absolute atomic E-state index is 0.431. The highest BCUT2D eigenvalue weighted by molar-refractivity contribution is 7.98. The number of hydrazine groups is 1. The Balaban J connectivity index is 3.20. The molecule has 0 heterocycles. The van der Waals surface area contributed by atoms with Crippen LogP contribution in [0.2, 0.25) is 0 Å². The fourth-order valence-electron chi connectivity index (χ4n) is 0.890. The predicted molar refractivity (Wildman–Crippen MR) is 50.6 cm³/mol. The zero-order chi connectivity index (χ0) is 8.53. The third kappa shape index (κ3) is 6.62. The van der Waals surface area contributed by atoms with Crippen LogP contribution < -0.4 is 11.3 Å². The van der Waals surface area contributed by atoms with Crippen molar-refractivity contribution < 1.29 is 4.74 Å². The van der Waals surface area contributed by atoms with Gasteiger partial charge in [-0.25, -0.2) is 0 Å². The third-order valence-electron chi connectivity index (χ3n) is 1.50. The van der Waals surface area contributed by atoms with Crippen LogP contribution in [0.25, 0.3) is 0 Å². The molecule has 0 saturated heterocycles. The van der Waals surface area contributed by atoms with Crippen molar-refractivity contribution in [2.75, 3.05) is 25.7 Å². The first-order valence-electron chi connectivity index (χ1n) is 3.79. The number of hydrogen-bond donors (Lipinski definition) is 2. The minimum Gasteiger partial charge on any atom is -0.385 e. The lowest BCUT2D eigenvalue weighted by Crippen LogP contribution is -2.37. The molecule has 3 N–H and O–H groups in total. The van der Waals surface area contributed by atoms with Gasteiger partial charge in [0, 0.05) is 25.5 Å². The van der Waals surface area contributed by atoms with Crippen molar-refractivity contribution in [2.45, 2.75) is 18.9 Å². The van der Waals surface area contributed by atoms with Gasteiger partial charge in [-0.15, -0.1) is 0 Å². The van der Waals surface area contributed by atoms with Gasteiger partial charge in [-0.1, -0.05) is 0 Å². The number of methoxy groups -OCH3 is 1. The zero-order valence-corrected chi connectivity index (χ0v) is 8.12. The summed E-state index contributed by atoms with van der Waals surface area (Å²) in [6.07, 6.45) is 4.25. The van der Waals surface area contributed by atoms with Crippen LogP contribution in [0.1, 0.15) is 12.8 Å². The highest BCUT2D eigenvalue weighted by Gasteiger charge is 2.03. The molecule has 0 aliphatic carbocycles. The van der Waals surface area contributed by atoms with Crippen molar-refractivity contribution in [3.05, 3.63) is 0 Å². The lowest BCUT2D eigenvalue weighted by atomic mass is 10.2. The van der Waals surface area contributed by atoms with E-state index in [0.29, 0.717) is 6.04 Å². The monoisotopic (exact) mass is 178 g/mol. The van der Waals surface area contributed by atoms with Crippen LogP contribution in [-0.2, 0) is 4.74 Å². The van der Waals surface area contributed by atoms with Gasteiger partial charge in [0.2, 0.25) is 0 Å². The number of hydrogen-bond acceptors (Lipinski definition) is 4. The van der Waals surface area contributed by atoms with Gasteiger partial charge in [-0.05, 0) is 19.1 Å². The Hall–Kier alpha value is 0.230. The number of nitrogens with one attached hydrogen (secondary N) is 1. The molecule has 0 fully saturated rings. The van der Waals surface area contributed by atoms with E-state index < -0.39 is 0 Å². The number of thioether (sulfide) groups is 1. The fourth-order valence-corrected chi connectivity index (χ4v) is 1.56. The molecule has 0 radical (unpaired) electrons. The van der Waals surface area contributed by atoms with Gasteiger partial charge in [-0.2, -0.15) is 11.8 Å². The first-order valence-corrected chi connectivity index (χ1v) is 5.18. The maximum atomic E-state index is 5.34. The Kier molecular flexibility index (Phi) is 8.50. The van der Waals surface area contributed by atoms with E-state index in [1.54, 1.807) is 7.11 Å². The van der Waals surface area contributed by atoms with Gasteiger partial charge in [0.25, 0.3) is 0 Å². The summed E-state index contributed by atoms with van der Waals surface area (Å²) in [5, 5.41) is 0. The van der Waals surface area contributed by atoms with Crippen molar-refractivity contribution in [3.8, 4) is 0 Å². The van der Waals surface area contributed by atoms with Crippen molar-refractivity contribution >= 4 is 11.8 Å². The van der Waals surface area contributed by atoms with Crippen LogP contribution in [0, 0.1) is 0 Å². The molecular weight excluding hydrogens is 160 g/mol. The molecule has 0 rings (SSSR count). The molecule has 0 aliphatic rings. The molecule has 0 aliphatic heterocycles. The van der Waals surface area contributed by atoms with E-state index >= 15 is 0 Å². The Morgan fingerprint density at radius 3 is 2.82 bits per heavy atom. The maximum Gasteiger partial charge on any atom is 0.0462 e. The summed E-state index contributed by atoms with van der Waals surface area (Å²) in [5.74, 6) is 6.41. The summed E-state index contributed by atoms with van der Waals surface area (Å²) >= 11 is 1.81. The van der Waals surface area contributed by atoms with Gasteiger partial charge in [-0.3, -0.25) is 11.3 Å². The summed E-state index contributed by atoms with van der Waals surface area (Å²) in [7, 11) is 1.72. The number of rotatable bonds is 7. The Labute approximate surface area is 73.0 Å². The van der Waals surface area contributed by atoms with Crippen LogP contribution in [-0.4, -0.2) is 31.8 Å². The van der Waals surface area contributed by atoms with E-state index in [2.05, 4.69) is 11.7 Å². The Morgan fingerprint density at radius 1 is 1.64 bits per heavy atom. The van der Waals surface area contributed by atoms with Gasteiger partial charge in [0.15, 0.2) is 0 Å². The van der Waals surface area contributed by atoms with Crippen molar-refractivity contribution in [1.29, 1.82) is 0 Å². The molecule has 11 heavy (non-hydrogen) atoms. The second-order valence-electron chi connectivity index (χ2n) is 2.45. The fraction of sp³-hybridized carbons (Fsp3) is 1.00. The van der Waals surface area contributed by atoms with Crippen molar-refractivity contribution in [2.24, 2.45) is 5.84 Å². The molecule has 1 atom stereocenters. The van der Waals surface area contributed by atoms with Gasteiger partial charge < -0.3 is 4.74 Å². The first-order chi connectivity index (χ1) is 5.35. The molecule has 1 unspecified atom stereocenters. The van der Waals surface area contributed by atoms with Crippen molar-refractivity contribution in [1.82, 2.24) is 5.43 Å². The molecule has 0 amide bonds. The zero-order valence-electron chi connectivity index (χ0n) is 7.30. The smallest absolute Gasteiger partial charge is 0.0462 e. The standard InChI is InChI=1S/C7H18N2OS/c1-10-5-3-4-7(9-8)6-11-2/h7,9H,3-6,8H2,1-2H3. The van der Waals surface area contributed by atoms with E-state index in [4.69, 9.17) is 10.6 Å². The molecule has 3 nitrogen and oxygen atoms in total. The van der Waals surface area contributed by atoms with E-state index in [1.807, 2.05) is 11.8 Å². The Bertz CT molecular complexity index is 82.8. The summed E-state index contributed by atoms with van der Waals surface area (Å²) in [5.41, 5.74) is 2.79. The number of ether oxygens (including phenoxy) is 1. The van der Waals surface area contributed by atoms with Crippen LogP contribution >= 0.6 is 11.8 Å². The summed E-state index contributed by atoms with van der Waals surface area (Å²) in [6, 6.07) is 0.431.